The predicted octanol–water partition coefficient (Wildman–Crippen LogP) is 0.302. The third-order valence-corrected chi connectivity index (χ3v) is 4.78. The molecule has 0 aliphatic carbocycles. The minimum Gasteiger partial charge on any atom is -0.481 e. The molecule has 0 radical (unpaired) electrons. The molecule has 0 unspecified atom stereocenters. The van der Waals surface area contributed by atoms with Gasteiger partial charge in [0.1, 0.15) is 5.82 Å². The van der Waals surface area contributed by atoms with Crippen LogP contribution < -0.4 is 15.8 Å². The quantitative estimate of drug-likeness (QED) is 0.795. The van der Waals surface area contributed by atoms with Crippen LogP contribution in [0.1, 0.15) is 13.8 Å². The van der Waals surface area contributed by atoms with Gasteiger partial charge in [-0.05, 0) is 13.8 Å². The topological polar surface area (TPSA) is 107 Å². The Morgan fingerprint density at radius 1 is 1.44 bits per heavy atom. The van der Waals surface area contributed by atoms with E-state index in [0.29, 0.717) is 11.7 Å². The highest BCUT2D eigenvalue weighted by Gasteiger charge is 2.30. The molecule has 0 aliphatic rings. The van der Waals surface area contributed by atoms with Crippen LogP contribution >= 0.6 is 0 Å². The first-order valence-corrected chi connectivity index (χ1v) is 7.17. The highest BCUT2D eigenvalue weighted by Crippen LogP contribution is 2.18. The van der Waals surface area contributed by atoms with Crippen molar-refractivity contribution in [3.63, 3.8) is 0 Å². The molecule has 102 valence electrons. The molecule has 0 fully saturated rings. The van der Waals surface area contributed by atoms with Gasteiger partial charge >= 0.3 is 0 Å². The third kappa shape index (κ3) is 3.46. The monoisotopic (exact) mass is 274 g/mol. The second kappa shape index (κ2) is 4.97. The number of methoxy groups -OCH3 is 1. The Labute approximate surface area is 107 Å². The number of sulfone groups is 1. The predicted molar refractivity (Wildman–Crippen MR) is 70.4 cm³/mol. The molecule has 0 saturated heterocycles. The maximum Gasteiger partial charge on any atom is 0.225 e. The summed E-state index contributed by atoms with van der Waals surface area (Å²) in [5.41, 5.74) is 5.50. The summed E-state index contributed by atoms with van der Waals surface area (Å²) in [4.78, 5) is 7.78. The van der Waals surface area contributed by atoms with Crippen LogP contribution in [0.2, 0.25) is 0 Å². The molecule has 0 atom stereocenters. The molecule has 7 nitrogen and oxygen atoms in total. The van der Waals surface area contributed by atoms with Gasteiger partial charge in [0.2, 0.25) is 11.8 Å². The average Bonchev–Trinajstić information content (AvgIpc) is 2.24. The number of nitrogen functional groups attached to an aromatic ring is 1. The van der Waals surface area contributed by atoms with Crippen molar-refractivity contribution in [2.75, 3.05) is 31.0 Å². The molecule has 1 aromatic rings. The molecule has 0 amide bonds. The minimum absolute atomic E-state index is 0.0639. The first kappa shape index (κ1) is 14.5. The van der Waals surface area contributed by atoms with Crippen LogP contribution in [-0.4, -0.2) is 43.0 Å². The van der Waals surface area contributed by atoms with E-state index in [2.05, 4.69) is 15.3 Å². The van der Waals surface area contributed by atoms with Crippen LogP contribution in [0.4, 0.5) is 11.8 Å². The smallest absolute Gasteiger partial charge is 0.225 e. The van der Waals surface area contributed by atoms with Crippen LogP contribution in [0, 0.1) is 0 Å². The number of nitrogens with one attached hydrogen (secondary N) is 1. The van der Waals surface area contributed by atoms with E-state index in [0.717, 1.165) is 0 Å². The number of nitrogens with two attached hydrogens (primary N) is 1. The first-order chi connectivity index (χ1) is 8.15. The summed E-state index contributed by atoms with van der Waals surface area (Å²) < 4.78 is 27.1. The maximum atomic E-state index is 11.5. The Hall–Kier alpha value is -1.57. The Balaban J connectivity index is 2.84. The van der Waals surface area contributed by atoms with Gasteiger partial charge in [0, 0.05) is 18.9 Å². The summed E-state index contributed by atoms with van der Waals surface area (Å²) in [6.45, 7) is 3.49. The molecule has 3 N–H and O–H groups in total. The third-order valence-electron chi connectivity index (χ3n) is 2.63. The highest BCUT2D eigenvalue weighted by molar-refractivity contribution is 7.92. The van der Waals surface area contributed by atoms with E-state index in [-0.39, 0.29) is 12.5 Å². The van der Waals surface area contributed by atoms with Crippen LogP contribution in [0.25, 0.3) is 0 Å². The number of hydrogen-bond acceptors (Lipinski definition) is 7. The first-order valence-electron chi connectivity index (χ1n) is 5.28. The molecule has 18 heavy (non-hydrogen) atoms. The molecule has 0 aliphatic heterocycles. The summed E-state index contributed by atoms with van der Waals surface area (Å²) in [6.07, 6.45) is 1.20. The van der Waals surface area contributed by atoms with Crippen LogP contribution in [-0.2, 0) is 9.84 Å². The number of ether oxygens (including phenoxy) is 1. The molecule has 0 aromatic carbocycles. The van der Waals surface area contributed by atoms with Gasteiger partial charge in [0.25, 0.3) is 0 Å². The van der Waals surface area contributed by atoms with Crippen molar-refractivity contribution in [3.8, 4) is 5.88 Å². The summed E-state index contributed by atoms with van der Waals surface area (Å²) in [5.74, 6) is 0.812. The van der Waals surface area contributed by atoms with Crippen molar-refractivity contribution in [2.45, 2.75) is 18.6 Å². The lowest BCUT2D eigenvalue weighted by Gasteiger charge is -2.23. The van der Waals surface area contributed by atoms with Crippen LogP contribution in [0.3, 0.4) is 0 Å². The summed E-state index contributed by atoms with van der Waals surface area (Å²) in [6, 6.07) is 1.55. The summed E-state index contributed by atoms with van der Waals surface area (Å²) >= 11 is 0. The van der Waals surface area contributed by atoms with Crippen molar-refractivity contribution in [3.05, 3.63) is 6.07 Å². The van der Waals surface area contributed by atoms with Gasteiger partial charge in [-0.25, -0.2) is 8.42 Å². The second-order valence-corrected chi connectivity index (χ2v) is 7.19. The number of nitrogens with zero attached hydrogens (tertiary/aromatic N) is 2. The highest BCUT2D eigenvalue weighted by atomic mass is 32.2. The zero-order chi connectivity index (χ0) is 14.0. The van der Waals surface area contributed by atoms with Gasteiger partial charge in [-0.1, -0.05) is 0 Å². The SMILES string of the molecule is COc1cc(NCC(C)(C)S(C)(=O)=O)nc(N)n1. The lowest BCUT2D eigenvalue weighted by Crippen LogP contribution is -2.38. The van der Waals surface area contributed by atoms with Gasteiger partial charge in [-0.2, -0.15) is 9.97 Å². The Morgan fingerprint density at radius 2 is 2.06 bits per heavy atom. The molecular formula is C10H18N4O3S. The van der Waals surface area contributed by atoms with Crippen molar-refractivity contribution >= 4 is 21.6 Å². The van der Waals surface area contributed by atoms with Gasteiger partial charge in [-0.15, -0.1) is 0 Å². The molecule has 0 bridgehead atoms. The lowest BCUT2D eigenvalue weighted by molar-refractivity contribution is 0.398. The van der Waals surface area contributed by atoms with E-state index in [1.165, 1.54) is 13.4 Å². The largest absolute Gasteiger partial charge is 0.481 e. The average molecular weight is 274 g/mol. The molecule has 0 spiro atoms. The maximum absolute atomic E-state index is 11.5. The van der Waals surface area contributed by atoms with E-state index in [4.69, 9.17) is 10.5 Å². The van der Waals surface area contributed by atoms with Gasteiger partial charge in [0.05, 0.1) is 11.9 Å². The van der Waals surface area contributed by atoms with Gasteiger partial charge in [0.15, 0.2) is 9.84 Å². The number of anilines is 2. The second-order valence-electron chi connectivity index (χ2n) is 4.54. The van der Waals surface area contributed by atoms with E-state index in [1.54, 1.807) is 19.9 Å². The Morgan fingerprint density at radius 3 is 2.56 bits per heavy atom. The summed E-state index contributed by atoms with van der Waals surface area (Å²) in [7, 11) is -1.70. The van der Waals surface area contributed by atoms with Crippen LogP contribution in [0.15, 0.2) is 6.07 Å². The number of aromatic nitrogens is 2. The van der Waals surface area contributed by atoms with E-state index < -0.39 is 14.6 Å². The molecule has 1 aromatic heterocycles. The van der Waals surface area contributed by atoms with Crippen LogP contribution in [0.5, 0.6) is 5.88 Å². The Kier molecular flexibility index (Phi) is 4.00. The zero-order valence-corrected chi connectivity index (χ0v) is 11.7. The van der Waals surface area contributed by atoms with Gasteiger partial charge < -0.3 is 15.8 Å². The van der Waals surface area contributed by atoms with E-state index in [9.17, 15) is 8.42 Å². The normalized spacial score (nSPS) is 12.2. The Bertz CT molecular complexity index is 528. The summed E-state index contributed by atoms with van der Waals surface area (Å²) in [5, 5.41) is 2.92. The van der Waals surface area contributed by atoms with Crippen molar-refractivity contribution in [1.29, 1.82) is 0 Å². The fraction of sp³-hybridized carbons (Fsp3) is 0.600. The molecule has 8 heteroatoms. The molecule has 0 saturated carbocycles. The van der Waals surface area contributed by atoms with Crippen molar-refractivity contribution in [1.82, 2.24) is 9.97 Å². The number of hydrogen-bond donors (Lipinski definition) is 2. The van der Waals surface area contributed by atoms with Gasteiger partial charge in [-0.3, -0.25) is 0 Å². The van der Waals surface area contributed by atoms with E-state index in [1.807, 2.05) is 0 Å². The lowest BCUT2D eigenvalue weighted by atomic mass is 10.2. The fourth-order valence-electron chi connectivity index (χ4n) is 1.07. The van der Waals surface area contributed by atoms with Crippen molar-refractivity contribution in [2.24, 2.45) is 0 Å². The number of rotatable bonds is 5. The molecule has 1 rings (SSSR count). The fourth-order valence-corrected chi connectivity index (χ4v) is 1.41. The van der Waals surface area contributed by atoms with E-state index >= 15 is 0 Å². The van der Waals surface area contributed by atoms with Crippen molar-refractivity contribution < 1.29 is 13.2 Å². The zero-order valence-electron chi connectivity index (χ0n) is 10.9. The molecular weight excluding hydrogens is 256 g/mol. The molecule has 1 heterocycles. The standard InChI is InChI=1S/C10H18N4O3S/c1-10(2,18(4,15)16)6-12-7-5-8(17-3)14-9(11)13-7/h5H,6H2,1-4H3,(H3,11,12,13,14). The minimum atomic E-state index is -3.17.